The van der Waals surface area contributed by atoms with Gasteiger partial charge in [-0.2, -0.15) is 0 Å². The van der Waals surface area contributed by atoms with Gasteiger partial charge >= 0.3 is 0 Å². The number of hydrogen-bond acceptors (Lipinski definition) is 4. The average molecular weight is 355 g/mol. The van der Waals surface area contributed by atoms with E-state index in [9.17, 15) is 4.79 Å². The van der Waals surface area contributed by atoms with Crippen LogP contribution < -0.4 is 0 Å². The number of aryl methyl sites for hydroxylation is 1. The van der Waals surface area contributed by atoms with Gasteiger partial charge < -0.3 is 4.90 Å². The molecule has 0 fully saturated rings. The summed E-state index contributed by atoms with van der Waals surface area (Å²) in [6.07, 6.45) is 0. The van der Waals surface area contributed by atoms with Gasteiger partial charge in [-0.1, -0.05) is 39.8 Å². The molecule has 7 heteroatoms. The fourth-order valence-corrected chi connectivity index (χ4v) is 2.62. The third kappa shape index (κ3) is 4.35. The molecule has 2 aromatic rings. The molecule has 2 rings (SSSR count). The molecule has 106 valence electrons. The van der Waals surface area contributed by atoms with E-state index in [1.54, 1.807) is 11.9 Å². The predicted octanol–water partition coefficient (Wildman–Crippen LogP) is 2.63. The largest absolute Gasteiger partial charge is 0.341 e. The highest BCUT2D eigenvalue weighted by atomic mass is 79.9. The molecule has 0 saturated heterocycles. The average Bonchev–Trinajstić information content (AvgIpc) is 2.84. The zero-order chi connectivity index (χ0) is 14.5. The van der Waals surface area contributed by atoms with Gasteiger partial charge in [-0.25, -0.2) is 4.98 Å². The number of carbonyl (C=O) groups excluding carboxylic acids is 1. The monoisotopic (exact) mass is 354 g/mol. The lowest BCUT2D eigenvalue weighted by Gasteiger charge is -2.16. The van der Waals surface area contributed by atoms with E-state index in [1.165, 1.54) is 11.8 Å². The third-order valence-electron chi connectivity index (χ3n) is 2.66. The van der Waals surface area contributed by atoms with Gasteiger partial charge in [0.05, 0.1) is 5.75 Å². The Morgan fingerprint density at radius 2 is 2.10 bits per heavy atom. The molecular weight excluding hydrogens is 340 g/mol. The highest BCUT2D eigenvalue weighted by molar-refractivity contribution is 9.10. The predicted molar refractivity (Wildman–Crippen MR) is 82.5 cm³/mol. The normalized spacial score (nSPS) is 10.6. The summed E-state index contributed by atoms with van der Waals surface area (Å²) in [5.41, 5.74) is 1.10. The van der Waals surface area contributed by atoms with Crippen molar-refractivity contribution in [3.63, 3.8) is 0 Å². The molecule has 1 aromatic heterocycles. The molecule has 0 spiro atoms. The van der Waals surface area contributed by atoms with Crippen molar-refractivity contribution < 1.29 is 4.79 Å². The van der Waals surface area contributed by atoms with Crippen LogP contribution in [0.5, 0.6) is 0 Å². The lowest BCUT2D eigenvalue weighted by atomic mass is 10.2. The number of halogens is 1. The minimum atomic E-state index is 0.0559. The van der Waals surface area contributed by atoms with Gasteiger partial charge in [0.15, 0.2) is 0 Å². The van der Waals surface area contributed by atoms with Crippen LogP contribution in [0.1, 0.15) is 11.4 Å². The van der Waals surface area contributed by atoms with Gasteiger partial charge in [-0.15, -0.1) is 5.10 Å². The zero-order valence-electron chi connectivity index (χ0n) is 11.3. The number of nitrogens with one attached hydrogen (secondary N) is 1. The number of thioether (sulfide) groups is 1. The van der Waals surface area contributed by atoms with Crippen LogP contribution in [0, 0.1) is 6.92 Å². The van der Waals surface area contributed by atoms with Crippen LogP contribution in [0.2, 0.25) is 0 Å². The van der Waals surface area contributed by atoms with E-state index in [-0.39, 0.29) is 5.91 Å². The summed E-state index contributed by atoms with van der Waals surface area (Å²) in [7, 11) is 1.80. The number of H-pyrrole nitrogens is 1. The number of carbonyl (C=O) groups is 1. The summed E-state index contributed by atoms with van der Waals surface area (Å²) in [5.74, 6) is 1.15. The molecule has 0 atom stereocenters. The van der Waals surface area contributed by atoms with Crippen LogP contribution in [0.25, 0.3) is 0 Å². The van der Waals surface area contributed by atoms with Crippen molar-refractivity contribution in [3.8, 4) is 0 Å². The first kappa shape index (κ1) is 15.1. The van der Waals surface area contributed by atoms with Crippen molar-refractivity contribution in [1.29, 1.82) is 0 Å². The molecule has 20 heavy (non-hydrogen) atoms. The van der Waals surface area contributed by atoms with Gasteiger partial charge in [-0.3, -0.25) is 9.89 Å². The molecule has 0 aliphatic rings. The van der Waals surface area contributed by atoms with Crippen molar-refractivity contribution in [1.82, 2.24) is 20.1 Å². The number of aromatic nitrogens is 3. The maximum atomic E-state index is 12.0. The molecule has 1 amide bonds. The van der Waals surface area contributed by atoms with E-state index >= 15 is 0 Å². The van der Waals surface area contributed by atoms with Crippen LogP contribution in [0.4, 0.5) is 0 Å². The molecule has 0 unspecified atom stereocenters. The van der Waals surface area contributed by atoms with E-state index in [0.29, 0.717) is 17.5 Å². The first-order chi connectivity index (χ1) is 9.54. The molecule has 5 nitrogen and oxygen atoms in total. The number of amides is 1. The molecule has 0 bridgehead atoms. The Bertz CT molecular complexity index is 584. The fourth-order valence-electron chi connectivity index (χ4n) is 1.58. The minimum Gasteiger partial charge on any atom is -0.341 e. The van der Waals surface area contributed by atoms with E-state index in [2.05, 4.69) is 31.1 Å². The Hall–Kier alpha value is -1.34. The molecule has 1 aromatic carbocycles. The van der Waals surface area contributed by atoms with Crippen LogP contribution in [0.3, 0.4) is 0 Å². The maximum absolute atomic E-state index is 12.0. The van der Waals surface area contributed by atoms with E-state index < -0.39 is 0 Å². The summed E-state index contributed by atoms with van der Waals surface area (Å²) < 4.78 is 1.03. The topological polar surface area (TPSA) is 61.9 Å². The lowest BCUT2D eigenvalue weighted by Crippen LogP contribution is -2.27. The second-order valence-electron chi connectivity index (χ2n) is 4.37. The van der Waals surface area contributed by atoms with Crippen molar-refractivity contribution >= 4 is 33.6 Å². The zero-order valence-corrected chi connectivity index (χ0v) is 13.7. The quantitative estimate of drug-likeness (QED) is 0.838. The number of aromatic amines is 1. The van der Waals surface area contributed by atoms with Crippen LogP contribution in [-0.4, -0.2) is 38.8 Å². The summed E-state index contributed by atoms with van der Waals surface area (Å²) in [4.78, 5) is 17.9. The highest BCUT2D eigenvalue weighted by Crippen LogP contribution is 2.15. The summed E-state index contributed by atoms with van der Waals surface area (Å²) >= 11 is 4.73. The molecule has 1 heterocycles. The van der Waals surface area contributed by atoms with E-state index in [0.717, 1.165) is 15.9 Å². The lowest BCUT2D eigenvalue weighted by molar-refractivity contribution is -0.127. The van der Waals surface area contributed by atoms with Crippen molar-refractivity contribution in [3.05, 3.63) is 40.1 Å². The number of nitrogens with zero attached hydrogens (tertiary/aromatic N) is 3. The second-order valence-corrected chi connectivity index (χ2v) is 6.23. The van der Waals surface area contributed by atoms with Crippen LogP contribution >= 0.6 is 27.7 Å². The van der Waals surface area contributed by atoms with E-state index in [1.807, 2.05) is 31.2 Å². The Labute approximate surface area is 130 Å². The Kier molecular flexibility index (Phi) is 5.19. The first-order valence-corrected chi connectivity index (χ1v) is 7.82. The van der Waals surface area contributed by atoms with E-state index in [4.69, 9.17) is 0 Å². The van der Waals surface area contributed by atoms with Crippen molar-refractivity contribution in [2.75, 3.05) is 12.8 Å². The minimum absolute atomic E-state index is 0.0559. The van der Waals surface area contributed by atoms with Gasteiger partial charge in [0, 0.05) is 18.1 Å². The Morgan fingerprint density at radius 1 is 1.40 bits per heavy atom. The van der Waals surface area contributed by atoms with Crippen LogP contribution in [-0.2, 0) is 11.3 Å². The Morgan fingerprint density at radius 3 is 2.70 bits per heavy atom. The molecule has 0 radical (unpaired) electrons. The highest BCUT2D eigenvalue weighted by Gasteiger charge is 2.11. The number of hydrogen-bond donors (Lipinski definition) is 1. The number of rotatable bonds is 5. The third-order valence-corrected chi connectivity index (χ3v) is 4.02. The van der Waals surface area contributed by atoms with Crippen LogP contribution in [0.15, 0.2) is 33.9 Å². The van der Waals surface area contributed by atoms with Gasteiger partial charge in [0.25, 0.3) is 0 Å². The summed E-state index contributed by atoms with van der Waals surface area (Å²) in [6.45, 7) is 2.43. The summed E-state index contributed by atoms with van der Waals surface area (Å²) in [6, 6.07) is 7.94. The molecular formula is C13H15BrN4OS. The van der Waals surface area contributed by atoms with Crippen molar-refractivity contribution in [2.45, 2.75) is 18.6 Å². The first-order valence-electron chi connectivity index (χ1n) is 6.05. The smallest absolute Gasteiger partial charge is 0.233 e. The second kappa shape index (κ2) is 6.90. The standard InChI is InChI=1S/C13H15BrN4OS/c1-9-15-13(17-16-9)20-8-12(19)18(2)7-10-3-5-11(14)6-4-10/h3-6H,7-8H2,1-2H3,(H,15,16,17). The fraction of sp³-hybridized carbons (Fsp3) is 0.308. The number of benzene rings is 1. The van der Waals surface area contributed by atoms with Gasteiger partial charge in [-0.05, 0) is 24.6 Å². The summed E-state index contributed by atoms with van der Waals surface area (Å²) in [5, 5.41) is 7.35. The molecule has 0 aliphatic carbocycles. The maximum Gasteiger partial charge on any atom is 0.233 e. The molecule has 1 N–H and O–H groups in total. The van der Waals surface area contributed by atoms with Gasteiger partial charge in [0.2, 0.25) is 11.1 Å². The molecule has 0 aliphatic heterocycles. The molecule has 0 saturated carbocycles. The Balaban J connectivity index is 1.84. The SMILES string of the molecule is Cc1nc(SCC(=O)N(C)Cc2ccc(Br)cc2)n[nH]1. The van der Waals surface area contributed by atoms with Gasteiger partial charge in [0.1, 0.15) is 5.82 Å². The van der Waals surface area contributed by atoms with Crippen molar-refractivity contribution in [2.24, 2.45) is 0 Å².